The summed E-state index contributed by atoms with van der Waals surface area (Å²) in [5.41, 5.74) is 4.72. The Hall–Kier alpha value is -2.75. The van der Waals surface area contributed by atoms with Gasteiger partial charge in [-0.3, -0.25) is 4.79 Å². The molecule has 0 aliphatic carbocycles. The van der Waals surface area contributed by atoms with Gasteiger partial charge < -0.3 is 25.0 Å². The first-order valence-corrected chi connectivity index (χ1v) is 8.76. The van der Waals surface area contributed by atoms with Crippen LogP contribution >= 0.6 is 0 Å². The van der Waals surface area contributed by atoms with Gasteiger partial charge in [0, 0.05) is 25.3 Å². The summed E-state index contributed by atoms with van der Waals surface area (Å²) in [6, 6.07) is -0.190. The topological polar surface area (TPSA) is 97.8 Å². The molecule has 1 saturated heterocycles. The van der Waals surface area contributed by atoms with E-state index < -0.39 is 41.2 Å². The minimum absolute atomic E-state index is 0.0147. The number of aromatic carboxylic acids is 1. The Balaban J connectivity index is 1.97. The summed E-state index contributed by atoms with van der Waals surface area (Å²) in [7, 11) is 0. The molecule has 2 aliphatic rings. The molecule has 3 N–H and O–H groups in total. The van der Waals surface area contributed by atoms with Crippen LogP contribution in [0.15, 0.2) is 17.1 Å². The number of carboxylic acid groups (broad SMARTS) is 1. The molecule has 1 aromatic heterocycles. The van der Waals surface area contributed by atoms with E-state index in [9.17, 15) is 27.9 Å². The van der Waals surface area contributed by atoms with Crippen LogP contribution in [-0.2, 0) is 0 Å². The number of ether oxygens (including phenoxy) is 1. The molecule has 0 spiro atoms. The van der Waals surface area contributed by atoms with Gasteiger partial charge in [0.15, 0.2) is 11.6 Å². The largest absolute Gasteiger partial charge is 0.487 e. The first kappa shape index (κ1) is 18.6. The van der Waals surface area contributed by atoms with Crippen LogP contribution < -0.4 is 20.8 Å². The number of halogens is 3. The number of rotatable bonds is 3. The minimum Gasteiger partial charge on any atom is -0.487 e. The molecule has 0 bridgehead atoms. The van der Waals surface area contributed by atoms with Crippen LogP contribution in [0.25, 0.3) is 10.9 Å². The van der Waals surface area contributed by atoms with Gasteiger partial charge in [-0.2, -0.15) is 0 Å². The van der Waals surface area contributed by atoms with E-state index in [1.807, 2.05) is 0 Å². The lowest BCUT2D eigenvalue weighted by Gasteiger charge is -2.31. The van der Waals surface area contributed by atoms with Gasteiger partial charge >= 0.3 is 5.97 Å². The minimum atomic E-state index is -2.64. The number of aromatic nitrogens is 1. The molecule has 0 amide bonds. The lowest BCUT2D eigenvalue weighted by Crippen LogP contribution is -2.33. The van der Waals surface area contributed by atoms with Gasteiger partial charge in [-0.25, -0.2) is 18.0 Å². The Morgan fingerprint density at radius 1 is 1.39 bits per heavy atom. The second kappa shape index (κ2) is 6.40. The Kier molecular flexibility index (Phi) is 4.25. The molecular weight excluding hydrogens is 379 g/mol. The third-order valence-corrected chi connectivity index (χ3v) is 5.42. The third kappa shape index (κ3) is 2.62. The third-order valence-electron chi connectivity index (χ3n) is 5.42. The first-order valence-electron chi connectivity index (χ1n) is 8.76. The summed E-state index contributed by atoms with van der Waals surface area (Å²) in [5, 5.41) is 9.17. The monoisotopic (exact) mass is 397 g/mol. The average molecular weight is 397 g/mol. The van der Waals surface area contributed by atoms with Gasteiger partial charge in [-0.05, 0) is 13.0 Å². The van der Waals surface area contributed by atoms with E-state index in [1.165, 1.54) is 11.1 Å². The van der Waals surface area contributed by atoms with Crippen molar-refractivity contribution in [2.45, 2.75) is 25.4 Å². The molecule has 2 aromatic rings. The smallest absolute Gasteiger partial charge is 0.341 e. The highest BCUT2D eigenvalue weighted by atomic mass is 19.3. The number of nitrogens with two attached hydrogens (primary N) is 1. The van der Waals surface area contributed by atoms with Crippen LogP contribution in [0.5, 0.6) is 5.75 Å². The number of anilines is 1. The van der Waals surface area contributed by atoms with E-state index in [-0.39, 0.29) is 48.1 Å². The van der Waals surface area contributed by atoms with Crippen LogP contribution in [0.2, 0.25) is 0 Å². The second-order valence-corrected chi connectivity index (χ2v) is 7.24. The molecular formula is C18H18F3N3O4. The van der Waals surface area contributed by atoms with Crippen LogP contribution in [-0.4, -0.2) is 47.8 Å². The molecule has 2 aliphatic heterocycles. The number of alkyl halides is 2. The molecule has 0 radical (unpaired) electrons. The average Bonchev–Trinajstić information content (AvgIpc) is 3.00. The fourth-order valence-corrected chi connectivity index (χ4v) is 3.96. The number of carboxylic acids is 1. The second-order valence-electron chi connectivity index (χ2n) is 7.24. The highest BCUT2D eigenvalue weighted by Gasteiger charge is 2.39. The number of hydrogen-bond donors (Lipinski definition) is 2. The van der Waals surface area contributed by atoms with Crippen LogP contribution in [0, 0.1) is 11.7 Å². The van der Waals surface area contributed by atoms with Crippen molar-refractivity contribution >= 4 is 22.6 Å². The maximum Gasteiger partial charge on any atom is 0.341 e. The predicted octanol–water partition coefficient (Wildman–Crippen LogP) is 1.82. The normalized spacial score (nSPS) is 24.1. The van der Waals surface area contributed by atoms with Gasteiger partial charge in [0.1, 0.15) is 17.9 Å². The van der Waals surface area contributed by atoms with Gasteiger partial charge in [0.05, 0.1) is 22.9 Å². The number of pyridine rings is 1. The van der Waals surface area contributed by atoms with E-state index in [4.69, 9.17) is 10.5 Å². The Bertz CT molecular complexity index is 1040. The van der Waals surface area contributed by atoms with E-state index in [2.05, 4.69) is 0 Å². The standard InChI is InChI=1S/C18H18F3N3O4/c1-7-6-28-16-13-8(15(25)10(18(26)27)4-24(7)13)2-11(19)14(16)23-3-9(17(20)21)12(22)5-23/h2,4,7,9,12,17H,3,5-6,22H2,1H3,(H,26,27)/t7-,9-,12+/m0/s1. The van der Waals surface area contributed by atoms with Gasteiger partial charge in [0.25, 0.3) is 0 Å². The summed E-state index contributed by atoms with van der Waals surface area (Å²) < 4.78 is 48.6. The number of nitrogens with zero attached hydrogens (tertiary/aromatic N) is 2. The van der Waals surface area contributed by atoms with Gasteiger partial charge in [0.2, 0.25) is 11.9 Å². The fraction of sp³-hybridized carbons (Fsp3) is 0.444. The molecule has 1 aromatic carbocycles. The summed E-state index contributed by atoms with van der Waals surface area (Å²) in [6.45, 7) is 1.74. The zero-order valence-electron chi connectivity index (χ0n) is 14.9. The van der Waals surface area contributed by atoms with Crippen molar-refractivity contribution < 1.29 is 27.8 Å². The summed E-state index contributed by atoms with van der Waals surface area (Å²) in [6.07, 6.45) is -1.43. The lowest BCUT2D eigenvalue weighted by atomic mass is 10.1. The molecule has 3 heterocycles. The summed E-state index contributed by atoms with van der Waals surface area (Å²) in [5.74, 6) is -3.32. The Labute approximate surface area is 157 Å². The highest BCUT2D eigenvalue weighted by Crippen LogP contribution is 2.43. The number of benzene rings is 1. The molecule has 1 fully saturated rings. The maximum absolute atomic E-state index is 15.0. The van der Waals surface area contributed by atoms with E-state index in [1.54, 1.807) is 11.5 Å². The summed E-state index contributed by atoms with van der Waals surface area (Å²) >= 11 is 0. The van der Waals surface area contributed by atoms with Gasteiger partial charge in [-0.1, -0.05) is 0 Å². The van der Waals surface area contributed by atoms with Crippen molar-refractivity contribution in [2.75, 3.05) is 24.6 Å². The Morgan fingerprint density at radius 3 is 2.71 bits per heavy atom. The van der Waals surface area contributed by atoms with Crippen molar-refractivity contribution in [3.8, 4) is 5.75 Å². The summed E-state index contributed by atoms with van der Waals surface area (Å²) in [4.78, 5) is 25.4. The van der Waals surface area contributed by atoms with Crippen molar-refractivity contribution in [1.29, 1.82) is 0 Å². The highest BCUT2D eigenvalue weighted by molar-refractivity contribution is 5.97. The van der Waals surface area contributed by atoms with Crippen LogP contribution in [0.3, 0.4) is 0 Å². The molecule has 10 heteroatoms. The van der Waals surface area contributed by atoms with E-state index >= 15 is 0 Å². The van der Waals surface area contributed by atoms with E-state index in [0.717, 1.165) is 6.07 Å². The van der Waals surface area contributed by atoms with E-state index in [0.29, 0.717) is 0 Å². The van der Waals surface area contributed by atoms with Crippen LogP contribution in [0.1, 0.15) is 23.3 Å². The molecule has 28 heavy (non-hydrogen) atoms. The molecule has 4 rings (SSSR count). The quantitative estimate of drug-likeness (QED) is 0.820. The number of carbonyl (C=O) groups is 1. The van der Waals surface area contributed by atoms with Crippen molar-refractivity contribution in [2.24, 2.45) is 11.7 Å². The lowest BCUT2D eigenvalue weighted by molar-refractivity contribution is 0.0694. The van der Waals surface area contributed by atoms with Crippen molar-refractivity contribution in [3.05, 3.63) is 33.9 Å². The molecule has 7 nitrogen and oxygen atoms in total. The zero-order valence-corrected chi connectivity index (χ0v) is 14.9. The molecule has 150 valence electrons. The van der Waals surface area contributed by atoms with Crippen molar-refractivity contribution in [3.63, 3.8) is 0 Å². The Morgan fingerprint density at radius 2 is 2.11 bits per heavy atom. The van der Waals surface area contributed by atoms with Crippen LogP contribution in [0.4, 0.5) is 18.9 Å². The zero-order chi connectivity index (χ0) is 20.3. The fourth-order valence-electron chi connectivity index (χ4n) is 3.96. The molecule has 0 saturated carbocycles. The van der Waals surface area contributed by atoms with Gasteiger partial charge in [-0.15, -0.1) is 0 Å². The first-order chi connectivity index (χ1) is 13.2. The molecule has 3 atom stereocenters. The van der Waals surface area contributed by atoms with Crippen molar-refractivity contribution in [1.82, 2.24) is 4.57 Å². The maximum atomic E-state index is 15.0. The number of hydrogen-bond acceptors (Lipinski definition) is 5. The predicted molar refractivity (Wildman–Crippen MR) is 95.0 cm³/mol. The SMILES string of the molecule is C[C@H]1COc2c(N3C[C@@H](N)[C@@H](C(F)F)C3)c(F)cc3c(=O)c(C(=O)O)cn1c23. The molecule has 0 unspecified atom stereocenters.